The molecule has 0 N–H and O–H groups in total. The summed E-state index contributed by atoms with van der Waals surface area (Å²) in [5, 5.41) is 0. The molecule has 0 atom stereocenters. The van der Waals surface area contributed by atoms with Crippen LogP contribution in [0, 0.1) is 5.82 Å². The molecule has 0 aliphatic carbocycles. The van der Waals surface area contributed by atoms with Gasteiger partial charge >= 0.3 is 0 Å². The van der Waals surface area contributed by atoms with Crippen LogP contribution in [0.2, 0.25) is 0 Å². The van der Waals surface area contributed by atoms with Gasteiger partial charge in [0.1, 0.15) is 5.82 Å². The van der Waals surface area contributed by atoms with E-state index in [1.54, 1.807) is 31.3 Å². The number of benzene rings is 2. The summed E-state index contributed by atoms with van der Waals surface area (Å²) in [5.74, 6) is -0.610. The van der Waals surface area contributed by atoms with Crippen molar-refractivity contribution in [2.24, 2.45) is 0 Å². The van der Waals surface area contributed by atoms with Crippen LogP contribution in [0.4, 0.5) is 4.39 Å². The molecule has 1 heterocycles. The molecule has 0 saturated carbocycles. The highest BCUT2D eigenvalue weighted by atomic mass is 32.2. The maximum absolute atomic E-state index is 13.0. The van der Waals surface area contributed by atoms with Crippen LogP contribution < -0.4 is 0 Å². The Kier molecular flexibility index (Phi) is 6.46. The predicted molar refractivity (Wildman–Crippen MR) is 106 cm³/mol. The summed E-state index contributed by atoms with van der Waals surface area (Å²) in [6, 6.07) is 12.2. The van der Waals surface area contributed by atoms with Crippen LogP contribution in [0.5, 0.6) is 0 Å². The first-order valence-corrected chi connectivity index (χ1v) is 10.9. The number of halogens is 1. The molecule has 1 amide bonds. The van der Waals surface area contributed by atoms with Crippen molar-refractivity contribution in [3.05, 3.63) is 65.5 Å². The summed E-state index contributed by atoms with van der Waals surface area (Å²) in [6.07, 6.45) is 3.80. The van der Waals surface area contributed by atoms with Gasteiger partial charge in [0.25, 0.3) is 5.91 Å². The molecular formula is C21H25FN2O3S. The van der Waals surface area contributed by atoms with Crippen LogP contribution in [0.15, 0.2) is 53.4 Å². The predicted octanol–water partition coefficient (Wildman–Crippen LogP) is 3.66. The fourth-order valence-electron chi connectivity index (χ4n) is 3.38. The number of hydrogen-bond acceptors (Lipinski definition) is 3. The Bertz CT molecular complexity index is 921. The van der Waals surface area contributed by atoms with E-state index in [1.807, 2.05) is 0 Å². The smallest absolute Gasteiger partial charge is 0.253 e. The minimum Gasteiger partial charge on any atom is -0.337 e. The minimum atomic E-state index is -3.61. The maximum Gasteiger partial charge on any atom is 0.253 e. The van der Waals surface area contributed by atoms with Crippen molar-refractivity contribution in [1.82, 2.24) is 9.21 Å². The van der Waals surface area contributed by atoms with Gasteiger partial charge in [-0.2, -0.15) is 4.31 Å². The number of carbonyl (C=O) groups excluding carboxylic acids is 1. The number of sulfonamides is 1. The van der Waals surface area contributed by atoms with Crippen LogP contribution in [0.25, 0.3) is 0 Å². The summed E-state index contributed by atoms with van der Waals surface area (Å²) in [6.45, 7) is 1.35. The van der Waals surface area contributed by atoms with E-state index in [9.17, 15) is 17.6 Å². The summed E-state index contributed by atoms with van der Waals surface area (Å²) < 4.78 is 40.5. The molecule has 5 nitrogen and oxygen atoms in total. The second kappa shape index (κ2) is 8.84. The maximum atomic E-state index is 13.0. The standard InChI is InChI=1S/C21H25FN2O3S/c1-23(16-17-9-11-19(22)12-10-17)21(25)18-7-6-8-20(15-18)28(26,27)24-13-4-2-3-5-14-24/h6-12,15H,2-5,13-14,16H2,1H3. The molecule has 2 aromatic carbocycles. The van der Waals surface area contributed by atoms with Crippen molar-refractivity contribution in [1.29, 1.82) is 0 Å². The van der Waals surface area contributed by atoms with Gasteiger partial charge in [0.2, 0.25) is 10.0 Å². The molecule has 1 aliphatic rings. The SMILES string of the molecule is CN(Cc1ccc(F)cc1)C(=O)c1cccc(S(=O)(=O)N2CCCCCC2)c1. The lowest BCUT2D eigenvalue weighted by atomic mass is 10.1. The molecule has 0 radical (unpaired) electrons. The first-order valence-electron chi connectivity index (χ1n) is 9.48. The Balaban J connectivity index is 1.77. The van der Waals surface area contributed by atoms with E-state index in [2.05, 4.69) is 0 Å². The lowest BCUT2D eigenvalue weighted by Crippen LogP contribution is -2.32. The zero-order valence-corrected chi connectivity index (χ0v) is 16.8. The zero-order chi connectivity index (χ0) is 20.1. The van der Waals surface area contributed by atoms with Crippen LogP contribution >= 0.6 is 0 Å². The number of rotatable bonds is 5. The third-order valence-electron chi connectivity index (χ3n) is 4.96. The molecule has 150 valence electrons. The van der Waals surface area contributed by atoms with Crippen LogP contribution in [0.1, 0.15) is 41.6 Å². The highest BCUT2D eigenvalue weighted by Gasteiger charge is 2.26. The van der Waals surface area contributed by atoms with Gasteiger partial charge in [-0.25, -0.2) is 12.8 Å². The van der Waals surface area contributed by atoms with E-state index >= 15 is 0 Å². The van der Waals surface area contributed by atoms with E-state index in [1.165, 1.54) is 33.5 Å². The Morgan fingerprint density at radius 3 is 2.32 bits per heavy atom. The largest absolute Gasteiger partial charge is 0.337 e. The van der Waals surface area contributed by atoms with Crippen molar-refractivity contribution < 1.29 is 17.6 Å². The molecule has 1 aliphatic heterocycles. The van der Waals surface area contributed by atoms with Crippen molar-refractivity contribution >= 4 is 15.9 Å². The Morgan fingerprint density at radius 2 is 1.68 bits per heavy atom. The average Bonchev–Trinajstić information content (AvgIpc) is 2.99. The van der Waals surface area contributed by atoms with Crippen molar-refractivity contribution in [3.8, 4) is 0 Å². The van der Waals surface area contributed by atoms with Gasteiger partial charge in [-0.3, -0.25) is 4.79 Å². The van der Waals surface area contributed by atoms with E-state index in [0.717, 1.165) is 31.2 Å². The molecule has 0 aromatic heterocycles. The molecule has 28 heavy (non-hydrogen) atoms. The first kappa shape index (κ1) is 20.5. The van der Waals surface area contributed by atoms with E-state index in [-0.39, 0.29) is 16.6 Å². The first-order chi connectivity index (χ1) is 13.4. The molecule has 3 rings (SSSR count). The lowest BCUT2D eigenvalue weighted by Gasteiger charge is -2.21. The van der Waals surface area contributed by atoms with Gasteiger partial charge in [0.05, 0.1) is 4.90 Å². The molecule has 2 aromatic rings. The summed E-state index contributed by atoms with van der Waals surface area (Å²) in [5.41, 5.74) is 1.12. The van der Waals surface area contributed by atoms with Crippen LogP contribution in [-0.2, 0) is 16.6 Å². The molecule has 7 heteroatoms. The fourth-order valence-corrected chi connectivity index (χ4v) is 4.94. The van der Waals surface area contributed by atoms with Crippen molar-refractivity contribution in [3.63, 3.8) is 0 Å². The topological polar surface area (TPSA) is 57.7 Å². The van der Waals surface area contributed by atoms with Gasteiger partial charge in [-0.1, -0.05) is 31.0 Å². The average molecular weight is 405 g/mol. The van der Waals surface area contributed by atoms with Crippen molar-refractivity contribution in [2.75, 3.05) is 20.1 Å². The summed E-state index contributed by atoms with van der Waals surface area (Å²) in [7, 11) is -1.97. The van der Waals surface area contributed by atoms with Gasteiger partial charge in [-0.15, -0.1) is 0 Å². The zero-order valence-electron chi connectivity index (χ0n) is 16.0. The second-order valence-corrected chi connectivity index (χ2v) is 9.07. The monoisotopic (exact) mass is 404 g/mol. The fraction of sp³-hybridized carbons (Fsp3) is 0.381. The molecular weight excluding hydrogens is 379 g/mol. The normalized spacial score (nSPS) is 15.8. The van der Waals surface area contributed by atoms with E-state index in [0.29, 0.717) is 25.2 Å². The molecule has 0 unspecified atom stereocenters. The third kappa shape index (κ3) is 4.77. The highest BCUT2D eigenvalue weighted by molar-refractivity contribution is 7.89. The summed E-state index contributed by atoms with van der Waals surface area (Å²) >= 11 is 0. The van der Waals surface area contributed by atoms with E-state index < -0.39 is 10.0 Å². The van der Waals surface area contributed by atoms with E-state index in [4.69, 9.17) is 0 Å². The number of hydrogen-bond donors (Lipinski definition) is 0. The van der Waals surface area contributed by atoms with Crippen LogP contribution in [0.3, 0.4) is 0 Å². The molecule has 1 fully saturated rings. The Morgan fingerprint density at radius 1 is 1.04 bits per heavy atom. The molecule has 1 saturated heterocycles. The van der Waals surface area contributed by atoms with Gasteiger partial charge in [0.15, 0.2) is 0 Å². The van der Waals surface area contributed by atoms with Crippen molar-refractivity contribution in [2.45, 2.75) is 37.1 Å². The number of amides is 1. The Hall–Kier alpha value is -2.25. The second-order valence-electron chi connectivity index (χ2n) is 7.13. The quantitative estimate of drug-likeness (QED) is 0.764. The number of carbonyl (C=O) groups is 1. The minimum absolute atomic E-state index is 0.149. The third-order valence-corrected chi connectivity index (χ3v) is 6.86. The molecule has 0 bridgehead atoms. The van der Waals surface area contributed by atoms with Gasteiger partial charge in [-0.05, 0) is 48.7 Å². The van der Waals surface area contributed by atoms with Crippen LogP contribution in [-0.4, -0.2) is 43.7 Å². The number of nitrogens with zero attached hydrogens (tertiary/aromatic N) is 2. The van der Waals surface area contributed by atoms with Gasteiger partial charge < -0.3 is 4.90 Å². The van der Waals surface area contributed by atoms with Gasteiger partial charge in [0, 0.05) is 32.2 Å². The molecule has 0 spiro atoms. The highest BCUT2D eigenvalue weighted by Crippen LogP contribution is 2.22. The summed E-state index contributed by atoms with van der Waals surface area (Å²) in [4.78, 5) is 14.4. The lowest BCUT2D eigenvalue weighted by molar-refractivity contribution is 0.0785. The Labute approximate surface area is 165 Å².